The Balaban J connectivity index is 1.50. The van der Waals surface area contributed by atoms with Gasteiger partial charge in [0.15, 0.2) is 17.5 Å². The fourth-order valence-corrected chi connectivity index (χ4v) is 8.57. The van der Waals surface area contributed by atoms with Crippen LogP contribution in [0.2, 0.25) is 0 Å². The molecule has 47 heavy (non-hydrogen) atoms. The molecule has 2 aliphatic carbocycles. The van der Waals surface area contributed by atoms with E-state index in [4.69, 9.17) is 18.6 Å². The molecule has 0 bridgehead atoms. The van der Waals surface area contributed by atoms with E-state index in [9.17, 15) is 32.7 Å². The summed E-state index contributed by atoms with van der Waals surface area (Å²) in [7, 11) is 0. The van der Waals surface area contributed by atoms with Gasteiger partial charge in [-0.3, -0.25) is 9.78 Å². The largest absolute Gasteiger partial charge is 0.482 e. The number of hydrogen-bond acceptors (Lipinski definition) is 9. The van der Waals surface area contributed by atoms with Crippen molar-refractivity contribution in [2.75, 3.05) is 6.61 Å². The quantitative estimate of drug-likeness (QED) is 0.254. The number of benzene rings is 1. The van der Waals surface area contributed by atoms with Crippen LogP contribution in [0.4, 0.5) is 13.2 Å². The van der Waals surface area contributed by atoms with E-state index >= 15 is 0 Å². The molecule has 3 heterocycles. The van der Waals surface area contributed by atoms with Gasteiger partial charge in [-0.25, -0.2) is 22.8 Å². The summed E-state index contributed by atoms with van der Waals surface area (Å²) in [6.45, 7) is 9.05. The first-order chi connectivity index (χ1) is 22.1. The first kappa shape index (κ1) is 32.7. The van der Waals surface area contributed by atoms with E-state index < -0.39 is 75.1 Å². The summed E-state index contributed by atoms with van der Waals surface area (Å²) in [6, 6.07) is 5.94. The molecule has 12 heteroatoms. The number of carbonyl (C=O) groups is 2. The van der Waals surface area contributed by atoms with Gasteiger partial charge in [0.1, 0.15) is 28.8 Å². The molecule has 6 rings (SSSR count). The predicted octanol–water partition coefficient (Wildman–Crippen LogP) is 6.17. The summed E-state index contributed by atoms with van der Waals surface area (Å²) in [4.78, 5) is 43.1. The monoisotopic (exact) mass is 655 g/mol. The zero-order valence-corrected chi connectivity index (χ0v) is 26.6. The zero-order chi connectivity index (χ0) is 34.1. The lowest BCUT2D eigenvalue weighted by atomic mass is 9.41. The number of nitrogens with zero attached hydrogens (tertiary/aromatic N) is 1. The summed E-state index contributed by atoms with van der Waals surface area (Å²) >= 11 is 0. The standard InChI is InChI=1S/C35H36F3NO8/c1-17-8-9-33(3)25(34(17,4)16-44-18(2)40)14-26(46-31(42)20-11-21(36)28(38)22(37)12-20)35(5)30(33)29(41)27-24(47-35)13-23(45-32(27)43)19-7-6-10-39-15-19/h6-7,10-13,15,17,25-26,29-30,41H,8-9,14,16H2,1-5H3/t17-,25?,26-,29?,30?,33-,34-,35+/m0/s1. The fourth-order valence-electron chi connectivity index (χ4n) is 8.57. The van der Waals surface area contributed by atoms with E-state index in [1.807, 2.05) is 20.8 Å². The Morgan fingerprint density at radius 1 is 1.13 bits per heavy atom. The highest BCUT2D eigenvalue weighted by molar-refractivity contribution is 5.89. The maximum Gasteiger partial charge on any atom is 0.345 e. The van der Waals surface area contributed by atoms with E-state index in [1.165, 1.54) is 19.2 Å². The molecule has 1 aromatic carbocycles. The van der Waals surface area contributed by atoms with Crippen LogP contribution < -0.4 is 10.4 Å². The van der Waals surface area contributed by atoms with E-state index in [0.717, 1.165) is 0 Å². The van der Waals surface area contributed by atoms with Gasteiger partial charge in [0.25, 0.3) is 0 Å². The van der Waals surface area contributed by atoms with E-state index in [1.54, 1.807) is 25.3 Å². The first-order valence-electron chi connectivity index (χ1n) is 15.5. The summed E-state index contributed by atoms with van der Waals surface area (Å²) < 4.78 is 65.9. The Morgan fingerprint density at radius 2 is 1.83 bits per heavy atom. The second-order valence-electron chi connectivity index (χ2n) is 13.8. The normalized spacial score (nSPS) is 32.7. The molecule has 3 aliphatic rings. The minimum Gasteiger partial charge on any atom is -0.482 e. The lowest BCUT2D eigenvalue weighted by Gasteiger charge is -2.66. The maximum absolute atomic E-state index is 14.2. The molecule has 2 aromatic heterocycles. The molecule has 250 valence electrons. The van der Waals surface area contributed by atoms with Crippen LogP contribution in [0.1, 0.15) is 75.9 Å². The van der Waals surface area contributed by atoms with Crippen molar-refractivity contribution in [3.63, 3.8) is 0 Å². The van der Waals surface area contributed by atoms with Gasteiger partial charge in [-0.05, 0) is 67.7 Å². The molecular formula is C35H36F3NO8. The van der Waals surface area contributed by atoms with Crippen LogP contribution in [0.3, 0.4) is 0 Å². The molecule has 1 aliphatic heterocycles. The lowest BCUT2D eigenvalue weighted by Crippen LogP contribution is -2.70. The molecule has 2 saturated carbocycles. The molecule has 0 radical (unpaired) electrons. The van der Waals surface area contributed by atoms with Crippen molar-refractivity contribution < 1.29 is 46.5 Å². The highest BCUT2D eigenvalue weighted by Gasteiger charge is 2.70. The van der Waals surface area contributed by atoms with Gasteiger partial charge in [-0.1, -0.05) is 20.8 Å². The van der Waals surface area contributed by atoms with Crippen molar-refractivity contribution >= 4 is 11.9 Å². The van der Waals surface area contributed by atoms with Gasteiger partial charge in [0.2, 0.25) is 0 Å². The van der Waals surface area contributed by atoms with Crippen LogP contribution in [0.25, 0.3) is 11.3 Å². The summed E-state index contributed by atoms with van der Waals surface area (Å²) in [5, 5.41) is 12.2. The van der Waals surface area contributed by atoms with Crippen LogP contribution >= 0.6 is 0 Å². The number of aliphatic hydroxyl groups excluding tert-OH is 1. The van der Waals surface area contributed by atoms with Crippen LogP contribution in [0.15, 0.2) is 51.9 Å². The Kier molecular flexibility index (Phi) is 8.01. The van der Waals surface area contributed by atoms with E-state index in [-0.39, 0.29) is 41.9 Å². The number of esters is 2. The third kappa shape index (κ3) is 5.21. The average Bonchev–Trinajstić information content (AvgIpc) is 3.01. The van der Waals surface area contributed by atoms with Crippen LogP contribution in [-0.4, -0.2) is 40.3 Å². The number of fused-ring (bicyclic) bond motifs is 4. The number of aromatic nitrogens is 1. The predicted molar refractivity (Wildman–Crippen MR) is 161 cm³/mol. The number of aliphatic hydroxyl groups is 1. The summed E-state index contributed by atoms with van der Waals surface area (Å²) in [5.74, 6) is -7.46. The Hall–Kier alpha value is -4.19. The van der Waals surface area contributed by atoms with Crippen LogP contribution in [0, 0.1) is 46.0 Å². The number of pyridine rings is 1. The molecule has 3 aromatic rings. The molecule has 9 nitrogen and oxygen atoms in total. The summed E-state index contributed by atoms with van der Waals surface area (Å²) in [6.07, 6.45) is 1.92. The summed E-state index contributed by atoms with van der Waals surface area (Å²) in [5.41, 5.74) is -3.86. The highest BCUT2D eigenvalue weighted by Crippen LogP contribution is 2.68. The number of ether oxygens (including phenoxy) is 3. The molecule has 0 spiro atoms. The minimum atomic E-state index is -1.72. The lowest BCUT2D eigenvalue weighted by molar-refractivity contribution is -0.257. The van der Waals surface area contributed by atoms with E-state index in [2.05, 4.69) is 4.98 Å². The number of halogens is 3. The number of rotatable bonds is 5. The minimum absolute atomic E-state index is 0.0279. The Labute approximate surface area is 269 Å². The van der Waals surface area contributed by atoms with E-state index in [0.29, 0.717) is 30.5 Å². The SMILES string of the molecule is CC(=O)OC[C@]1(C)C2C[C@H](OC(=O)c3cc(F)c(F)c(F)c3)[C@@]3(C)Oc4cc(-c5cccnc5)oc(=O)c4C(O)C3[C@@]2(C)CC[C@@H]1C. The maximum atomic E-state index is 14.2. The molecular weight excluding hydrogens is 619 g/mol. The molecule has 2 fully saturated rings. The third-order valence-electron chi connectivity index (χ3n) is 11.1. The second kappa shape index (κ2) is 11.5. The molecule has 3 unspecified atom stereocenters. The van der Waals surface area contributed by atoms with Crippen LogP contribution in [0.5, 0.6) is 5.75 Å². The van der Waals surface area contributed by atoms with Crippen molar-refractivity contribution in [2.24, 2.45) is 28.6 Å². The fraction of sp³-hybridized carbons (Fsp3) is 0.486. The molecule has 0 amide bonds. The van der Waals surface area contributed by atoms with Crippen molar-refractivity contribution in [2.45, 2.75) is 71.7 Å². The van der Waals surface area contributed by atoms with Gasteiger partial charge in [-0.2, -0.15) is 0 Å². The van der Waals surface area contributed by atoms with Crippen molar-refractivity contribution in [3.05, 3.63) is 81.7 Å². The molecule has 0 saturated heterocycles. The Bertz CT molecular complexity index is 1780. The Morgan fingerprint density at radius 3 is 2.47 bits per heavy atom. The third-order valence-corrected chi connectivity index (χ3v) is 11.1. The van der Waals surface area contributed by atoms with Crippen molar-refractivity contribution in [3.8, 4) is 17.1 Å². The number of carbonyl (C=O) groups excluding carboxylic acids is 2. The van der Waals surface area contributed by atoms with Gasteiger partial charge in [0, 0.05) is 42.3 Å². The van der Waals surface area contributed by atoms with Crippen molar-refractivity contribution in [1.29, 1.82) is 0 Å². The molecule has 8 atom stereocenters. The van der Waals surface area contributed by atoms with Gasteiger partial charge in [-0.15, -0.1) is 0 Å². The van der Waals surface area contributed by atoms with Crippen molar-refractivity contribution in [1.82, 2.24) is 4.98 Å². The first-order valence-corrected chi connectivity index (χ1v) is 15.5. The topological polar surface area (TPSA) is 125 Å². The van der Waals surface area contributed by atoms with Crippen LogP contribution in [-0.2, 0) is 14.3 Å². The highest BCUT2D eigenvalue weighted by atomic mass is 19.2. The van der Waals surface area contributed by atoms with Gasteiger partial charge < -0.3 is 23.7 Å². The zero-order valence-electron chi connectivity index (χ0n) is 26.6. The van der Waals surface area contributed by atoms with Gasteiger partial charge >= 0.3 is 17.6 Å². The second-order valence-corrected chi connectivity index (χ2v) is 13.8. The number of hydrogen-bond donors (Lipinski definition) is 1. The average molecular weight is 656 g/mol. The molecule has 1 N–H and O–H groups in total. The smallest absolute Gasteiger partial charge is 0.345 e. The van der Waals surface area contributed by atoms with Gasteiger partial charge in [0.05, 0.1) is 18.3 Å².